The highest BCUT2D eigenvalue weighted by Gasteiger charge is 2.29. The van der Waals surface area contributed by atoms with Gasteiger partial charge in [-0.25, -0.2) is 0 Å². The monoisotopic (exact) mass is 216 g/mol. The molecule has 1 unspecified atom stereocenters. The lowest BCUT2D eigenvalue weighted by molar-refractivity contribution is -0.136. The van der Waals surface area contributed by atoms with E-state index >= 15 is 0 Å². The van der Waals surface area contributed by atoms with Crippen molar-refractivity contribution in [1.82, 2.24) is 4.90 Å². The molecular weight excluding hydrogens is 192 g/mol. The van der Waals surface area contributed by atoms with Crippen LogP contribution < -0.4 is 5.73 Å². The number of carbonyl (C=O) groups is 1. The van der Waals surface area contributed by atoms with Crippen LogP contribution in [-0.2, 0) is 9.53 Å². The normalized spacial score (nSPS) is 14.7. The van der Waals surface area contributed by atoms with Gasteiger partial charge in [0.05, 0.1) is 12.1 Å². The summed E-state index contributed by atoms with van der Waals surface area (Å²) in [5.41, 5.74) is 5.20. The minimum atomic E-state index is -0.740. The van der Waals surface area contributed by atoms with E-state index in [4.69, 9.17) is 10.5 Å². The Balaban J connectivity index is 4.06. The molecule has 0 aliphatic heterocycles. The molecule has 0 aliphatic rings. The molecule has 0 bridgehead atoms. The van der Waals surface area contributed by atoms with Gasteiger partial charge in [-0.1, -0.05) is 13.3 Å². The molecule has 0 radical (unpaired) electrons. The van der Waals surface area contributed by atoms with Gasteiger partial charge >= 0.3 is 0 Å². The van der Waals surface area contributed by atoms with E-state index < -0.39 is 5.54 Å². The van der Waals surface area contributed by atoms with Gasteiger partial charge in [-0.15, -0.1) is 0 Å². The fourth-order valence-corrected chi connectivity index (χ4v) is 1.51. The van der Waals surface area contributed by atoms with Gasteiger partial charge in [-0.3, -0.25) is 4.79 Å². The van der Waals surface area contributed by atoms with Crippen LogP contribution in [0.2, 0.25) is 0 Å². The summed E-state index contributed by atoms with van der Waals surface area (Å²) in [6.07, 6.45) is 1.63. The third-order valence-corrected chi connectivity index (χ3v) is 2.38. The van der Waals surface area contributed by atoms with E-state index in [9.17, 15) is 4.79 Å². The van der Waals surface area contributed by atoms with E-state index in [1.807, 2.05) is 13.8 Å². The Kier molecular flexibility index (Phi) is 6.52. The predicted molar refractivity (Wildman–Crippen MR) is 61.6 cm³/mol. The quantitative estimate of drug-likeness (QED) is 0.646. The van der Waals surface area contributed by atoms with E-state index in [0.717, 1.165) is 6.42 Å². The van der Waals surface area contributed by atoms with Crippen molar-refractivity contribution in [3.63, 3.8) is 0 Å². The molecule has 0 saturated carbocycles. The summed E-state index contributed by atoms with van der Waals surface area (Å²) in [5, 5.41) is 0. The maximum atomic E-state index is 11.9. The van der Waals surface area contributed by atoms with Crippen molar-refractivity contribution in [2.45, 2.75) is 39.2 Å². The zero-order valence-electron chi connectivity index (χ0n) is 10.4. The van der Waals surface area contributed by atoms with Crippen LogP contribution in [0.1, 0.15) is 33.6 Å². The maximum Gasteiger partial charge on any atom is 0.242 e. The Morgan fingerprint density at radius 2 is 2.07 bits per heavy atom. The Morgan fingerprint density at radius 1 is 1.47 bits per heavy atom. The molecule has 0 rings (SSSR count). The average Bonchev–Trinajstić information content (AvgIpc) is 2.16. The molecule has 1 atom stereocenters. The summed E-state index contributed by atoms with van der Waals surface area (Å²) in [4.78, 5) is 13.5. The molecule has 2 N–H and O–H groups in total. The van der Waals surface area contributed by atoms with Gasteiger partial charge in [0.2, 0.25) is 5.91 Å². The smallest absolute Gasteiger partial charge is 0.242 e. The van der Waals surface area contributed by atoms with E-state index in [0.29, 0.717) is 26.2 Å². The fourth-order valence-electron chi connectivity index (χ4n) is 1.51. The third kappa shape index (κ3) is 5.14. The van der Waals surface area contributed by atoms with Crippen LogP contribution in [0.5, 0.6) is 0 Å². The molecule has 0 aromatic heterocycles. The van der Waals surface area contributed by atoms with Gasteiger partial charge in [-0.2, -0.15) is 0 Å². The molecule has 4 nitrogen and oxygen atoms in total. The highest BCUT2D eigenvalue weighted by Crippen LogP contribution is 2.11. The SMILES string of the molecule is CCCC(C)(N)C(=O)N(C)CCOCC. The minimum absolute atomic E-state index is 0.0101. The topological polar surface area (TPSA) is 55.6 Å². The largest absolute Gasteiger partial charge is 0.380 e. The predicted octanol–water partition coefficient (Wildman–Crippen LogP) is 0.999. The fraction of sp³-hybridized carbons (Fsp3) is 0.909. The highest BCUT2D eigenvalue weighted by atomic mass is 16.5. The molecule has 4 heteroatoms. The molecule has 0 spiro atoms. The second kappa shape index (κ2) is 6.80. The van der Waals surface area contributed by atoms with E-state index in [1.165, 1.54) is 0 Å². The summed E-state index contributed by atoms with van der Waals surface area (Å²) in [7, 11) is 1.77. The van der Waals surface area contributed by atoms with Gasteiger partial charge in [0.25, 0.3) is 0 Å². The second-order valence-corrected chi connectivity index (χ2v) is 4.09. The number of ether oxygens (including phenoxy) is 1. The zero-order valence-corrected chi connectivity index (χ0v) is 10.4. The zero-order chi connectivity index (χ0) is 11.9. The summed E-state index contributed by atoms with van der Waals surface area (Å²) in [6, 6.07) is 0. The minimum Gasteiger partial charge on any atom is -0.380 e. The standard InChI is InChI=1S/C11H24N2O2/c1-5-7-11(3,12)10(14)13(4)8-9-15-6-2/h5-9,12H2,1-4H3. The Bertz CT molecular complexity index is 193. The summed E-state index contributed by atoms with van der Waals surface area (Å²) in [6.45, 7) is 7.60. The van der Waals surface area contributed by atoms with Gasteiger partial charge in [-0.05, 0) is 20.3 Å². The molecule has 15 heavy (non-hydrogen) atoms. The lowest BCUT2D eigenvalue weighted by atomic mass is 9.96. The third-order valence-electron chi connectivity index (χ3n) is 2.38. The van der Waals surface area contributed by atoms with Crippen LogP contribution >= 0.6 is 0 Å². The molecule has 0 fully saturated rings. The first-order valence-electron chi connectivity index (χ1n) is 5.57. The molecule has 1 amide bonds. The molecule has 0 aromatic carbocycles. The Hall–Kier alpha value is -0.610. The summed E-state index contributed by atoms with van der Waals surface area (Å²) in [5.74, 6) is -0.0101. The summed E-state index contributed by atoms with van der Waals surface area (Å²) >= 11 is 0. The van der Waals surface area contributed by atoms with Crippen molar-refractivity contribution in [2.24, 2.45) is 5.73 Å². The number of nitrogens with two attached hydrogens (primary N) is 1. The molecule has 90 valence electrons. The first-order valence-corrected chi connectivity index (χ1v) is 5.57. The van der Waals surface area contributed by atoms with Crippen LogP contribution in [0.3, 0.4) is 0 Å². The van der Waals surface area contributed by atoms with Crippen LogP contribution in [0.4, 0.5) is 0 Å². The van der Waals surface area contributed by atoms with Crippen molar-refractivity contribution in [3.8, 4) is 0 Å². The number of likely N-dealkylation sites (N-methyl/N-ethyl adjacent to an activating group) is 1. The molecule has 0 aliphatic carbocycles. The molecule has 0 heterocycles. The maximum absolute atomic E-state index is 11.9. The second-order valence-electron chi connectivity index (χ2n) is 4.09. The van der Waals surface area contributed by atoms with Gasteiger partial charge in [0, 0.05) is 20.2 Å². The van der Waals surface area contributed by atoms with Crippen LogP contribution in [-0.4, -0.2) is 43.2 Å². The number of nitrogens with zero attached hydrogens (tertiary/aromatic N) is 1. The van der Waals surface area contributed by atoms with Crippen molar-refractivity contribution in [2.75, 3.05) is 26.8 Å². The number of hydrogen-bond donors (Lipinski definition) is 1. The van der Waals surface area contributed by atoms with Crippen LogP contribution in [0, 0.1) is 0 Å². The van der Waals surface area contributed by atoms with E-state index in [-0.39, 0.29) is 5.91 Å². The molecule has 0 aromatic rings. The number of hydrogen-bond acceptors (Lipinski definition) is 3. The lowest BCUT2D eigenvalue weighted by Crippen LogP contribution is -2.52. The van der Waals surface area contributed by atoms with Crippen molar-refractivity contribution in [3.05, 3.63) is 0 Å². The van der Waals surface area contributed by atoms with Crippen molar-refractivity contribution < 1.29 is 9.53 Å². The number of amides is 1. The lowest BCUT2D eigenvalue weighted by Gasteiger charge is -2.28. The first kappa shape index (κ1) is 14.4. The van der Waals surface area contributed by atoms with Gasteiger partial charge in [0.15, 0.2) is 0 Å². The van der Waals surface area contributed by atoms with Crippen LogP contribution in [0.15, 0.2) is 0 Å². The average molecular weight is 216 g/mol. The van der Waals surface area contributed by atoms with Crippen molar-refractivity contribution in [1.29, 1.82) is 0 Å². The Labute approximate surface area is 92.8 Å². The molecular formula is C11H24N2O2. The van der Waals surface area contributed by atoms with E-state index in [2.05, 4.69) is 0 Å². The highest BCUT2D eigenvalue weighted by molar-refractivity contribution is 5.85. The number of carbonyl (C=O) groups excluding carboxylic acids is 1. The Morgan fingerprint density at radius 3 is 2.53 bits per heavy atom. The van der Waals surface area contributed by atoms with E-state index in [1.54, 1.807) is 18.9 Å². The van der Waals surface area contributed by atoms with Crippen molar-refractivity contribution >= 4 is 5.91 Å². The number of rotatable bonds is 7. The van der Waals surface area contributed by atoms with Gasteiger partial charge in [0.1, 0.15) is 0 Å². The first-order chi connectivity index (χ1) is 6.95. The van der Waals surface area contributed by atoms with Crippen LogP contribution in [0.25, 0.3) is 0 Å². The molecule has 0 saturated heterocycles. The summed E-state index contributed by atoms with van der Waals surface area (Å²) < 4.78 is 5.19. The van der Waals surface area contributed by atoms with Gasteiger partial charge < -0.3 is 15.4 Å².